The fourth-order valence-corrected chi connectivity index (χ4v) is 1.49. The van der Waals surface area contributed by atoms with Crippen LogP contribution < -0.4 is 5.73 Å². The van der Waals surface area contributed by atoms with Crippen molar-refractivity contribution in [1.82, 2.24) is 0 Å². The van der Waals surface area contributed by atoms with Gasteiger partial charge in [-0.15, -0.1) is 0 Å². The first-order valence-corrected chi connectivity index (χ1v) is 3.63. The van der Waals surface area contributed by atoms with Crippen LogP contribution in [0.1, 0.15) is 12.8 Å². The summed E-state index contributed by atoms with van der Waals surface area (Å²) in [7, 11) is 0. The molecule has 2 heteroatoms. The third-order valence-corrected chi connectivity index (χ3v) is 1.99. The number of fused-ring (bicyclic) bond motifs is 1. The van der Waals surface area contributed by atoms with E-state index in [1.165, 1.54) is 5.57 Å². The van der Waals surface area contributed by atoms with Crippen molar-refractivity contribution in [3.8, 4) is 0 Å². The molecule has 0 saturated carbocycles. The van der Waals surface area contributed by atoms with E-state index in [9.17, 15) is 0 Å². The second kappa shape index (κ2) is 2.22. The van der Waals surface area contributed by atoms with E-state index in [-0.39, 0.29) is 6.23 Å². The average Bonchev–Trinajstić information content (AvgIpc) is 2.27. The number of ether oxygens (including phenoxy) is 1. The molecule has 2 rings (SSSR count). The van der Waals surface area contributed by atoms with Gasteiger partial charge in [0.25, 0.3) is 0 Å². The fraction of sp³-hybridized carbons (Fsp3) is 0.500. The molecule has 1 unspecified atom stereocenters. The Morgan fingerprint density at radius 3 is 3.30 bits per heavy atom. The van der Waals surface area contributed by atoms with Crippen molar-refractivity contribution < 1.29 is 4.74 Å². The second-order valence-electron chi connectivity index (χ2n) is 2.77. The highest BCUT2D eigenvalue weighted by molar-refractivity contribution is 5.25. The molecule has 2 aliphatic rings. The zero-order valence-electron chi connectivity index (χ0n) is 5.79. The van der Waals surface area contributed by atoms with E-state index in [2.05, 4.69) is 18.2 Å². The van der Waals surface area contributed by atoms with Crippen molar-refractivity contribution in [2.75, 3.05) is 0 Å². The molecule has 0 radical (unpaired) electrons. The highest BCUT2D eigenvalue weighted by atomic mass is 16.5. The van der Waals surface area contributed by atoms with Gasteiger partial charge in [-0.1, -0.05) is 18.2 Å². The molecule has 1 heterocycles. The monoisotopic (exact) mass is 137 g/mol. The lowest BCUT2D eigenvalue weighted by atomic mass is 10.0. The van der Waals surface area contributed by atoms with E-state index in [1.54, 1.807) is 0 Å². The molecule has 0 amide bonds. The first-order valence-electron chi connectivity index (χ1n) is 3.63. The van der Waals surface area contributed by atoms with Crippen molar-refractivity contribution in [3.63, 3.8) is 0 Å². The van der Waals surface area contributed by atoms with Gasteiger partial charge in [0.05, 0.1) is 6.10 Å². The molecular weight excluding hydrogens is 126 g/mol. The van der Waals surface area contributed by atoms with Crippen LogP contribution in [0.25, 0.3) is 0 Å². The van der Waals surface area contributed by atoms with E-state index in [0.717, 1.165) is 12.8 Å². The van der Waals surface area contributed by atoms with E-state index >= 15 is 0 Å². The topological polar surface area (TPSA) is 35.2 Å². The first-order chi connectivity index (χ1) is 4.86. The Kier molecular flexibility index (Phi) is 1.36. The SMILES string of the molecule is NC1CC2=CC=CC[C@H]2O1. The van der Waals surface area contributed by atoms with Crippen molar-refractivity contribution in [2.24, 2.45) is 5.73 Å². The summed E-state index contributed by atoms with van der Waals surface area (Å²) in [5.41, 5.74) is 6.96. The van der Waals surface area contributed by atoms with Crippen LogP contribution in [0.15, 0.2) is 23.8 Å². The van der Waals surface area contributed by atoms with E-state index < -0.39 is 0 Å². The third kappa shape index (κ3) is 0.895. The van der Waals surface area contributed by atoms with Gasteiger partial charge in [0.2, 0.25) is 0 Å². The predicted molar refractivity (Wildman–Crippen MR) is 39.3 cm³/mol. The van der Waals surface area contributed by atoms with Crippen LogP contribution in [-0.2, 0) is 4.74 Å². The van der Waals surface area contributed by atoms with Gasteiger partial charge in [0.15, 0.2) is 0 Å². The molecule has 1 fully saturated rings. The van der Waals surface area contributed by atoms with Crippen molar-refractivity contribution in [1.29, 1.82) is 0 Å². The Hall–Kier alpha value is -0.600. The lowest BCUT2D eigenvalue weighted by Gasteiger charge is -2.11. The molecule has 10 heavy (non-hydrogen) atoms. The Bertz CT molecular complexity index is 195. The number of allylic oxidation sites excluding steroid dienone is 2. The first kappa shape index (κ1) is 6.13. The zero-order chi connectivity index (χ0) is 6.97. The summed E-state index contributed by atoms with van der Waals surface area (Å²) in [5.74, 6) is 0. The largest absolute Gasteiger partial charge is 0.355 e. The van der Waals surface area contributed by atoms with Crippen LogP contribution in [0.4, 0.5) is 0 Å². The van der Waals surface area contributed by atoms with E-state index in [1.807, 2.05) is 0 Å². The van der Waals surface area contributed by atoms with Crippen LogP contribution in [0.3, 0.4) is 0 Å². The summed E-state index contributed by atoms with van der Waals surface area (Å²) < 4.78 is 5.42. The molecule has 2 atom stereocenters. The Labute approximate surface area is 60.4 Å². The van der Waals surface area contributed by atoms with Crippen molar-refractivity contribution >= 4 is 0 Å². The molecule has 0 bridgehead atoms. The molecular formula is C8H11NO. The fourth-order valence-electron chi connectivity index (χ4n) is 1.49. The smallest absolute Gasteiger partial charge is 0.110 e. The van der Waals surface area contributed by atoms with Gasteiger partial charge < -0.3 is 10.5 Å². The van der Waals surface area contributed by atoms with Crippen LogP contribution >= 0.6 is 0 Å². The summed E-state index contributed by atoms with van der Waals surface area (Å²) in [4.78, 5) is 0. The van der Waals surface area contributed by atoms with Gasteiger partial charge in [-0.05, 0) is 12.0 Å². The molecule has 1 aliphatic carbocycles. The van der Waals surface area contributed by atoms with Gasteiger partial charge >= 0.3 is 0 Å². The average molecular weight is 137 g/mol. The molecule has 0 aromatic carbocycles. The van der Waals surface area contributed by atoms with Crippen molar-refractivity contribution in [3.05, 3.63) is 23.8 Å². The summed E-state index contributed by atoms with van der Waals surface area (Å²) in [5, 5.41) is 0. The van der Waals surface area contributed by atoms with Crippen LogP contribution in [-0.4, -0.2) is 12.3 Å². The van der Waals surface area contributed by atoms with Crippen LogP contribution in [0.5, 0.6) is 0 Å². The standard InChI is InChI=1S/C8H11NO/c9-8-5-6-3-1-2-4-7(6)10-8/h1-3,7-8H,4-5,9H2/t7-,8?/m1/s1. The zero-order valence-corrected chi connectivity index (χ0v) is 5.79. The molecule has 0 aromatic heterocycles. The summed E-state index contributed by atoms with van der Waals surface area (Å²) in [6.07, 6.45) is 8.45. The maximum absolute atomic E-state index is 5.60. The number of nitrogens with two attached hydrogens (primary N) is 1. The highest BCUT2D eigenvalue weighted by Crippen LogP contribution is 2.28. The minimum Gasteiger partial charge on any atom is -0.355 e. The maximum Gasteiger partial charge on any atom is 0.110 e. The minimum absolute atomic E-state index is 0.0591. The Morgan fingerprint density at radius 2 is 2.50 bits per heavy atom. The van der Waals surface area contributed by atoms with E-state index in [4.69, 9.17) is 10.5 Å². The van der Waals surface area contributed by atoms with E-state index in [0.29, 0.717) is 6.10 Å². The summed E-state index contributed by atoms with van der Waals surface area (Å²) in [6.45, 7) is 0. The Morgan fingerprint density at radius 1 is 1.60 bits per heavy atom. The summed E-state index contributed by atoms with van der Waals surface area (Å²) in [6, 6.07) is 0. The molecule has 0 aromatic rings. The van der Waals surface area contributed by atoms with Gasteiger partial charge in [-0.2, -0.15) is 0 Å². The number of hydrogen-bond acceptors (Lipinski definition) is 2. The minimum atomic E-state index is -0.0591. The van der Waals surface area contributed by atoms with Crippen LogP contribution in [0.2, 0.25) is 0 Å². The third-order valence-electron chi connectivity index (χ3n) is 1.99. The van der Waals surface area contributed by atoms with Gasteiger partial charge in [0.1, 0.15) is 6.23 Å². The van der Waals surface area contributed by atoms with Gasteiger partial charge in [0, 0.05) is 6.42 Å². The van der Waals surface area contributed by atoms with Crippen LogP contribution in [0, 0.1) is 0 Å². The molecule has 1 aliphatic heterocycles. The molecule has 2 nitrogen and oxygen atoms in total. The quantitative estimate of drug-likeness (QED) is 0.539. The lowest BCUT2D eigenvalue weighted by Crippen LogP contribution is -2.19. The predicted octanol–water partition coefficient (Wildman–Crippen LogP) is 0.946. The lowest BCUT2D eigenvalue weighted by molar-refractivity contribution is 0.0581. The normalized spacial score (nSPS) is 37.5. The number of rotatable bonds is 0. The second-order valence-corrected chi connectivity index (χ2v) is 2.77. The summed E-state index contributed by atoms with van der Waals surface area (Å²) >= 11 is 0. The van der Waals surface area contributed by atoms with Gasteiger partial charge in [-0.25, -0.2) is 0 Å². The number of hydrogen-bond donors (Lipinski definition) is 1. The molecule has 54 valence electrons. The maximum atomic E-state index is 5.60. The van der Waals surface area contributed by atoms with Gasteiger partial charge in [-0.3, -0.25) is 0 Å². The molecule has 2 N–H and O–H groups in total. The molecule has 1 saturated heterocycles. The Balaban J connectivity index is 2.18. The molecule has 0 spiro atoms. The van der Waals surface area contributed by atoms with Crippen molar-refractivity contribution in [2.45, 2.75) is 25.2 Å². The highest BCUT2D eigenvalue weighted by Gasteiger charge is 2.26.